The second-order valence-electron chi connectivity index (χ2n) is 4.45. The van der Waals surface area contributed by atoms with Gasteiger partial charge < -0.3 is 11.1 Å². The van der Waals surface area contributed by atoms with E-state index in [4.69, 9.17) is 10.9 Å². The van der Waals surface area contributed by atoms with Crippen LogP contribution in [0.2, 0.25) is 0 Å². The topological polar surface area (TPSA) is 98.2 Å². The van der Waals surface area contributed by atoms with Crippen molar-refractivity contribution in [2.75, 3.05) is 11.1 Å². The Labute approximate surface area is 101 Å². The standard InChI is InChI=1S/C11H17N3O2S/c1-2-7-5-10(7)14-11-6-8(17(13,15)16)3-4-9(11)12/h3-4,6-7,10,14H,2,5,12H2,1H3,(H2,13,15,16). The van der Waals surface area contributed by atoms with Crippen molar-refractivity contribution >= 4 is 21.4 Å². The monoisotopic (exact) mass is 255 g/mol. The van der Waals surface area contributed by atoms with Crippen LogP contribution in [0.3, 0.4) is 0 Å². The highest BCUT2D eigenvalue weighted by Gasteiger charge is 2.35. The van der Waals surface area contributed by atoms with Gasteiger partial charge in [0, 0.05) is 6.04 Å². The number of primary sulfonamides is 1. The first-order valence-electron chi connectivity index (χ1n) is 5.60. The van der Waals surface area contributed by atoms with Crippen LogP contribution in [0.5, 0.6) is 0 Å². The van der Waals surface area contributed by atoms with Crippen LogP contribution in [-0.2, 0) is 10.0 Å². The fraction of sp³-hybridized carbons (Fsp3) is 0.455. The Balaban J connectivity index is 2.22. The Morgan fingerprint density at radius 2 is 2.18 bits per heavy atom. The summed E-state index contributed by atoms with van der Waals surface area (Å²) in [4.78, 5) is 0.0860. The van der Waals surface area contributed by atoms with Crippen LogP contribution in [0.25, 0.3) is 0 Å². The number of benzene rings is 1. The van der Waals surface area contributed by atoms with Gasteiger partial charge in [0.05, 0.1) is 16.3 Å². The molecule has 0 saturated heterocycles. The third kappa shape index (κ3) is 2.70. The smallest absolute Gasteiger partial charge is 0.238 e. The molecule has 2 atom stereocenters. The molecule has 0 aromatic heterocycles. The predicted molar refractivity (Wildman–Crippen MR) is 68.0 cm³/mol. The van der Waals surface area contributed by atoms with Crippen LogP contribution in [0, 0.1) is 5.92 Å². The number of rotatable bonds is 4. The summed E-state index contributed by atoms with van der Waals surface area (Å²) in [5, 5.41) is 8.33. The molecule has 1 fully saturated rings. The molecule has 1 aliphatic rings. The molecular formula is C11H17N3O2S. The van der Waals surface area contributed by atoms with Crippen LogP contribution in [0.4, 0.5) is 11.4 Å². The molecule has 0 radical (unpaired) electrons. The zero-order chi connectivity index (χ0) is 12.6. The summed E-state index contributed by atoms with van der Waals surface area (Å²) in [6.45, 7) is 2.14. The Hall–Kier alpha value is -1.27. The third-order valence-electron chi connectivity index (χ3n) is 3.14. The molecule has 1 aromatic carbocycles. The number of sulfonamides is 1. The number of nitrogens with one attached hydrogen (secondary N) is 1. The van der Waals surface area contributed by atoms with Crippen molar-refractivity contribution in [1.82, 2.24) is 0 Å². The normalized spacial score (nSPS) is 23.4. The first-order valence-corrected chi connectivity index (χ1v) is 7.15. The molecule has 2 unspecified atom stereocenters. The van der Waals surface area contributed by atoms with Crippen LogP contribution in [0.1, 0.15) is 19.8 Å². The first kappa shape index (κ1) is 12.2. The summed E-state index contributed by atoms with van der Waals surface area (Å²) in [5.41, 5.74) is 6.99. The molecule has 5 N–H and O–H groups in total. The number of nitrogen functional groups attached to an aromatic ring is 1. The van der Waals surface area contributed by atoms with E-state index in [2.05, 4.69) is 12.2 Å². The predicted octanol–water partition coefficient (Wildman–Crippen LogP) is 1.13. The summed E-state index contributed by atoms with van der Waals surface area (Å²) < 4.78 is 22.5. The molecule has 1 saturated carbocycles. The van der Waals surface area contributed by atoms with Gasteiger partial charge in [0.15, 0.2) is 0 Å². The molecule has 0 aliphatic heterocycles. The average Bonchev–Trinajstić information content (AvgIpc) is 2.98. The van der Waals surface area contributed by atoms with Crippen molar-refractivity contribution in [2.45, 2.75) is 30.7 Å². The van der Waals surface area contributed by atoms with Gasteiger partial charge in [0.25, 0.3) is 0 Å². The fourth-order valence-corrected chi connectivity index (χ4v) is 2.45. The molecule has 1 aromatic rings. The number of hydrogen-bond donors (Lipinski definition) is 3. The molecule has 94 valence electrons. The molecule has 0 amide bonds. The second kappa shape index (κ2) is 4.19. The van der Waals surface area contributed by atoms with E-state index in [1.54, 1.807) is 6.07 Å². The lowest BCUT2D eigenvalue weighted by atomic mass is 10.2. The highest BCUT2D eigenvalue weighted by molar-refractivity contribution is 7.89. The van der Waals surface area contributed by atoms with E-state index in [9.17, 15) is 8.42 Å². The van der Waals surface area contributed by atoms with E-state index in [1.807, 2.05) is 0 Å². The van der Waals surface area contributed by atoms with E-state index in [-0.39, 0.29) is 4.90 Å². The van der Waals surface area contributed by atoms with Crippen LogP contribution in [0.15, 0.2) is 23.1 Å². The lowest BCUT2D eigenvalue weighted by Gasteiger charge is -2.10. The van der Waals surface area contributed by atoms with Crippen molar-refractivity contribution in [3.8, 4) is 0 Å². The summed E-state index contributed by atoms with van der Waals surface area (Å²) in [7, 11) is -3.67. The maximum Gasteiger partial charge on any atom is 0.238 e. The number of nitrogens with two attached hydrogens (primary N) is 2. The average molecular weight is 255 g/mol. The molecule has 5 nitrogen and oxygen atoms in total. The van der Waals surface area contributed by atoms with E-state index in [1.165, 1.54) is 12.1 Å². The number of anilines is 2. The summed E-state index contributed by atoms with van der Waals surface area (Å²) in [6, 6.07) is 4.87. The number of hydrogen-bond acceptors (Lipinski definition) is 4. The van der Waals surface area contributed by atoms with Gasteiger partial charge in [-0.3, -0.25) is 0 Å². The molecule has 2 rings (SSSR count). The SMILES string of the molecule is CCC1CC1Nc1cc(S(N)(=O)=O)ccc1N. The summed E-state index contributed by atoms with van der Waals surface area (Å²) in [6.07, 6.45) is 2.22. The van der Waals surface area contributed by atoms with Crippen molar-refractivity contribution in [3.63, 3.8) is 0 Å². The van der Waals surface area contributed by atoms with Gasteiger partial charge in [-0.15, -0.1) is 0 Å². The van der Waals surface area contributed by atoms with Crippen LogP contribution < -0.4 is 16.2 Å². The van der Waals surface area contributed by atoms with Crippen molar-refractivity contribution in [1.29, 1.82) is 0 Å². The highest BCUT2D eigenvalue weighted by Crippen LogP contribution is 2.37. The highest BCUT2D eigenvalue weighted by atomic mass is 32.2. The lowest BCUT2D eigenvalue weighted by molar-refractivity contribution is 0.598. The van der Waals surface area contributed by atoms with Gasteiger partial charge in [-0.05, 0) is 30.5 Å². The van der Waals surface area contributed by atoms with Gasteiger partial charge in [0.2, 0.25) is 10.0 Å². The largest absolute Gasteiger partial charge is 0.397 e. The molecule has 0 heterocycles. The Kier molecular flexibility index (Phi) is 3.01. The van der Waals surface area contributed by atoms with E-state index < -0.39 is 10.0 Å². The quantitative estimate of drug-likeness (QED) is 0.702. The minimum atomic E-state index is -3.67. The van der Waals surface area contributed by atoms with E-state index in [0.29, 0.717) is 23.3 Å². The molecular weight excluding hydrogens is 238 g/mol. The van der Waals surface area contributed by atoms with Crippen molar-refractivity contribution in [3.05, 3.63) is 18.2 Å². The van der Waals surface area contributed by atoms with Crippen LogP contribution >= 0.6 is 0 Å². The molecule has 6 heteroatoms. The minimum Gasteiger partial charge on any atom is -0.397 e. The lowest BCUT2D eigenvalue weighted by Crippen LogP contribution is -2.14. The van der Waals surface area contributed by atoms with Gasteiger partial charge in [0.1, 0.15) is 0 Å². The summed E-state index contributed by atoms with van der Waals surface area (Å²) >= 11 is 0. The first-order chi connectivity index (χ1) is 7.91. The Morgan fingerprint density at radius 1 is 1.47 bits per heavy atom. The molecule has 0 bridgehead atoms. The van der Waals surface area contributed by atoms with Gasteiger partial charge in [-0.1, -0.05) is 13.3 Å². The second-order valence-corrected chi connectivity index (χ2v) is 6.01. The Bertz CT molecular complexity index is 528. The summed E-state index contributed by atoms with van der Waals surface area (Å²) in [5.74, 6) is 0.660. The van der Waals surface area contributed by atoms with Crippen LogP contribution in [-0.4, -0.2) is 14.5 Å². The van der Waals surface area contributed by atoms with E-state index >= 15 is 0 Å². The van der Waals surface area contributed by atoms with Gasteiger partial charge >= 0.3 is 0 Å². The van der Waals surface area contributed by atoms with Gasteiger partial charge in [-0.2, -0.15) is 0 Å². The molecule has 0 spiro atoms. The fourth-order valence-electron chi connectivity index (χ4n) is 1.91. The minimum absolute atomic E-state index is 0.0860. The molecule has 1 aliphatic carbocycles. The zero-order valence-corrected chi connectivity index (χ0v) is 10.5. The van der Waals surface area contributed by atoms with Gasteiger partial charge in [-0.25, -0.2) is 13.6 Å². The Morgan fingerprint density at radius 3 is 2.71 bits per heavy atom. The van der Waals surface area contributed by atoms with E-state index in [0.717, 1.165) is 12.8 Å². The zero-order valence-electron chi connectivity index (χ0n) is 9.68. The van der Waals surface area contributed by atoms with Crippen molar-refractivity contribution in [2.24, 2.45) is 11.1 Å². The maximum atomic E-state index is 11.2. The van der Waals surface area contributed by atoms with Crippen molar-refractivity contribution < 1.29 is 8.42 Å². The third-order valence-corrected chi connectivity index (χ3v) is 4.05. The maximum absolute atomic E-state index is 11.2. The molecule has 17 heavy (non-hydrogen) atoms.